The average Bonchev–Trinajstić information content (AvgIpc) is 2.10. The van der Waals surface area contributed by atoms with E-state index in [9.17, 15) is 91.3 Å². The van der Waals surface area contributed by atoms with Gasteiger partial charge in [0.25, 0.3) is 0 Å². The molecule has 0 aromatic heterocycles. The monoisotopic (exact) mass is 1150 g/mol. The Morgan fingerprint density at radius 1 is 0.537 bits per heavy atom. The Balaban J connectivity index is 1.01. The van der Waals surface area contributed by atoms with Crippen molar-refractivity contribution in [3.8, 4) is 0 Å². The first-order chi connectivity index (χ1) is 37.4. The van der Waals surface area contributed by atoms with Crippen LogP contribution >= 0.6 is 0 Å². The summed E-state index contributed by atoms with van der Waals surface area (Å²) in [6, 6.07) is 0. The van der Waals surface area contributed by atoms with Crippen LogP contribution in [0.25, 0.3) is 0 Å². The minimum absolute atomic E-state index is 0.00755. The van der Waals surface area contributed by atoms with Crippen molar-refractivity contribution in [3.63, 3.8) is 0 Å². The largest absolute Gasteiger partial charge is 0.481 e. The molecule has 0 unspecified atom stereocenters. The predicted octanol–water partition coefficient (Wildman–Crippen LogP) is -4.00. The highest BCUT2D eigenvalue weighted by molar-refractivity contribution is 5.79. The van der Waals surface area contributed by atoms with Gasteiger partial charge in [-0.25, -0.2) is 0 Å². The molecule has 80 heavy (non-hydrogen) atoms. The van der Waals surface area contributed by atoms with E-state index < -0.39 is 206 Å². The fourth-order valence-corrected chi connectivity index (χ4v) is 16.5. The number of aliphatic carboxylic acids is 1. The second kappa shape index (κ2) is 22.6. The molecule has 30 atom stereocenters. The third kappa shape index (κ3) is 9.82. The van der Waals surface area contributed by atoms with Gasteiger partial charge in [-0.3, -0.25) is 9.59 Å². The van der Waals surface area contributed by atoms with Gasteiger partial charge in [-0.1, -0.05) is 46.3 Å². The number of carbonyl (C=O) groups excluding carboxylic acids is 1. The number of carbonyl (C=O) groups is 2. The van der Waals surface area contributed by atoms with Crippen molar-refractivity contribution >= 4 is 11.9 Å². The molecular weight excluding hydrogens is 1060 g/mol. The number of carboxylic acids is 1. The van der Waals surface area contributed by atoms with Gasteiger partial charge in [-0.05, 0) is 104 Å². The molecule has 8 fully saturated rings. The molecule has 4 aliphatic heterocycles. The van der Waals surface area contributed by atoms with E-state index in [-0.39, 0.29) is 23.7 Å². The van der Waals surface area contributed by atoms with Crippen LogP contribution in [0.5, 0.6) is 0 Å². The van der Waals surface area contributed by atoms with Gasteiger partial charge < -0.3 is 120 Å². The van der Waals surface area contributed by atoms with E-state index in [0.29, 0.717) is 51.4 Å². The third-order valence-corrected chi connectivity index (χ3v) is 21.5. The first kappa shape index (κ1) is 62.3. The third-order valence-electron chi connectivity index (χ3n) is 21.5. The molecule has 0 bridgehead atoms. The number of hydrogen-bond acceptors (Lipinski definition) is 25. The van der Waals surface area contributed by atoms with Crippen LogP contribution in [0.15, 0.2) is 11.6 Å². The first-order valence-corrected chi connectivity index (χ1v) is 28.1. The Bertz CT molecular complexity index is 2250. The highest BCUT2D eigenvalue weighted by Gasteiger charge is 2.73. The summed E-state index contributed by atoms with van der Waals surface area (Å²) in [6.45, 7) is 8.74. The summed E-state index contributed by atoms with van der Waals surface area (Å²) in [5.74, 6) is -3.28. The molecular formula is C54H86O26. The molecule has 0 radical (unpaired) electrons. The maximum Gasteiger partial charge on any atom is 0.315 e. The molecule has 9 rings (SSSR count). The van der Waals surface area contributed by atoms with Crippen LogP contribution in [0.1, 0.15) is 99.3 Å². The molecule has 16 N–H and O–H groups in total. The van der Waals surface area contributed by atoms with E-state index >= 15 is 0 Å². The minimum atomic E-state index is -2.07. The zero-order valence-electron chi connectivity index (χ0n) is 45.9. The summed E-state index contributed by atoms with van der Waals surface area (Å²) >= 11 is 0. The van der Waals surface area contributed by atoms with Crippen LogP contribution in [-0.2, 0) is 47.5 Å². The highest BCUT2D eigenvalue weighted by Crippen LogP contribution is 2.76. The smallest absolute Gasteiger partial charge is 0.315 e. The van der Waals surface area contributed by atoms with Crippen LogP contribution < -0.4 is 0 Å². The second-order valence-corrected chi connectivity index (χ2v) is 26.2. The van der Waals surface area contributed by atoms with Crippen molar-refractivity contribution in [3.05, 3.63) is 11.6 Å². The number of aliphatic hydroxyl groups is 15. The summed E-state index contributed by atoms with van der Waals surface area (Å²) in [4.78, 5) is 29.0. The van der Waals surface area contributed by atoms with E-state index in [4.69, 9.17) is 37.9 Å². The number of rotatable bonds is 13. The summed E-state index contributed by atoms with van der Waals surface area (Å²) in [6.07, 6.45) is -33.6. The van der Waals surface area contributed by atoms with Gasteiger partial charge >= 0.3 is 11.9 Å². The van der Waals surface area contributed by atoms with E-state index in [1.54, 1.807) is 0 Å². The molecule has 0 spiro atoms. The SMILES string of the molecule is CC1(C)CC[C@]2(C(=O)O[C@@H]3O[C@H](CO)[C@@H](O)[C@H](O)[C@H]3O)CC[C@]3(C)C(=CC[C@@H]4[C@@]5(C)C[C@H](O)[C@H](O[C@@H]6O[C@H](CO)[C@@H](O)[C@H](O)[C@H]6O[C@@H]6O[C@H](CO)[C@@H](O)[C@H](O)[C@H]6O[C@@H]6O[C@H](CO)[C@@H](O)[C@H](O)[C@H]6O)[C@@](C)(C(=O)O)[C@@H]5CC[C@]43C)[C@@H]2C1. The zero-order valence-corrected chi connectivity index (χ0v) is 45.9. The normalized spacial score (nSPS) is 54.0. The number of aliphatic hydroxyl groups excluding tert-OH is 15. The molecule has 4 saturated carbocycles. The van der Waals surface area contributed by atoms with Gasteiger partial charge in [-0.15, -0.1) is 0 Å². The number of hydrogen-bond donors (Lipinski definition) is 16. The molecule has 458 valence electrons. The van der Waals surface area contributed by atoms with Crippen LogP contribution in [0.3, 0.4) is 0 Å². The predicted molar refractivity (Wildman–Crippen MR) is 266 cm³/mol. The van der Waals surface area contributed by atoms with Crippen molar-refractivity contribution in [2.24, 2.45) is 50.2 Å². The lowest BCUT2D eigenvalue weighted by atomic mass is 9.33. The van der Waals surface area contributed by atoms with Gasteiger partial charge in [0.2, 0.25) is 6.29 Å². The Labute approximate surface area is 462 Å². The summed E-state index contributed by atoms with van der Waals surface area (Å²) < 4.78 is 47.5. The van der Waals surface area contributed by atoms with Crippen LogP contribution in [0.2, 0.25) is 0 Å². The van der Waals surface area contributed by atoms with Crippen molar-refractivity contribution in [1.29, 1.82) is 0 Å². The fourth-order valence-electron chi connectivity index (χ4n) is 16.5. The average molecular weight is 1150 g/mol. The number of esters is 1. The lowest BCUT2D eigenvalue weighted by molar-refractivity contribution is -0.400. The molecule has 9 aliphatic rings. The van der Waals surface area contributed by atoms with Gasteiger partial charge in [0, 0.05) is 0 Å². The van der Waals surface area contributed by atoms with E-state index in [2.05, 4.69) is 33.8 Å². The summed E-state index contributed by atoms with van der Waals surface area (Å²) in [5.41, 5.74) is -4.19. The number of carboxylic acid groups (broad SMARTS) is 1. The van der Waals surface area contributed by atoms with Gasteiger partial charge in [0.15, 0.2) is 18.9 Å². The Hall–Kier alpha value is -2.20. The number of ether oxygens (including phenoxy) is 8. The van der Waals surface area contributed by atoms with Gasteiger partial charge in [-0.2, -0.15) is 0 Å². The van der Waals surface area contributed by atoms with Gasteiger partial charge in [0.1, 0.15) is 104 Å². The van der Waals surface area contributed by atoms with E-state index in [1.807, 2.05) is 6.92 Å². The highest BCUT2D eigenvalue weighted by atomic mass is 16.8. The molecule has 5 aliphatic carbocycles. The van der Waals surface area contributed by atoms with Crippen molar-refractivity contribution in [2.75, 3.05) is 26.4 Å². The second-order valence-electron chi connectivity index (χ2n) is 26.2. The van der Waals surface area contributed by atoms with Crippen molar-refractivity contribution in [1.82, 2.24) is 0 Å². The van der Waals surface area contributed by atoms with E-state index in [1.165, 1.54) is 6.92 Å². The van der Waals surface area contributed by atoms with Crippen molar-refractivity contribution in [2.45, 2.75) is 234 Å². The van der Waals surface area contributed by atoms with Crippen LogP contribution in [0.4, 0.5) is 0 Å². The zero-order chi connectivity index (χ0) is 58.7. The lowest BCUT2D eigenvalue weighted by Gasteiger charge is -2.71. The molecule has 26 nitrogen and oxygen atoms in total. The van der Waals surface area contributed by atoms with E-state index in [0.717, 1.165) is 5.57 Å². The molecule has 0 aromatic rings. The van der Waals surface area contributed by atoms with Gasteiger partial charge in [0.05, 0.1) is 43.4 Å². The Morgan fingerprint density at radius 3 is 1.52 bits per heavy atom. The van der Waals surface area contributed by atoms with Crippen molar-refractivity contribution < 1.29 is 129 Å². The first-order valence-electron chi connectivity index (χ1n) is 28.1. The standard InChI is InChI=1S/C54H86O26/c1-49(2)11-13-54(48(72)80-44-39(69)35(65)31(61)25(18-56)74-44)14-12-51(4)21(22(54)15-49)7-8-28-50(3)16-23(59)42(53(6,47(70)71)29(50)9-10-52(28,51)5)79-46-41(37(67)33(63)27(20-58)76-46)78-45-40(36(66)32(62)26(19-57)75-45)77-43-38(68)34(64)30(60)24(17-55)73-43/h7,22-46,55-69H,8-20H2,1-6H3,(H,70,71)/t22-,23-,24+,25+,26+,27+,28+,29+,30+,31+,32+,33+,34-,35-,36-,37-,38+,39+,40+,41+,42-,43-,44-,45-,46-,50+,51+,52+,53-,54-/m0/s1. The Kier molecular flexibility index (Phi) is 17.6. The Morgan fingerprint density at radius 2 is 1.00 bits per heavy atom. The maximum absolute atomic E-state index is 14.8. The topological polar surface area (TPSA) is 432 Å². The van der Waals surface area contributed by atoms with Crippen LogP contribution in [-0.4, -0.2) is 255 Å². The van der Waals surface area contributed by atoms with Crippen LogP contribution in [0, 0.1) is 50.2 Å². The molecule has 4 heterocycles. The number of fused-ring (bicyclic) bond motifs is 7. The molecule has 26 heteroatoms. The number of allylic oxidation sites excluding steroid dienone is 2. The quantitative estimate of drug-likeness (QED) is 0.0475. The molecule has 0 amide bonds. The molecule has 4 saturated heterocycles. The summed E-state index contributed by atoms with van der Waals surface area (Å²) in [7, 11) is 0. The maximum atomic E-state index is 14.8. The minimum Gasteiger partial charge on any atom is -0.481 e. The lowest BCUT2D eigenvalue weighted by Crippen LogP contribution is -2.71. The summed E-state index contributed by atoms with van der Waals surface area (Å²) in [5, 5.41) is 173. The fraction of sp³-hybridized carbons (Fsp3) is 0.926. The molecule has 0 aromatic carbocycles.